The summed E-state index contributed by atoms with van der Waals surface area (Å²) in [6, 6.07) is 0. The Labute approximate surface area is 137 Å². The predicted octanol–water partition coefficient (Wildman–Crippen LogP) is 3.92. The van der Waals surface area contributed by atoms with Crippen molar-refractivity contribution in [2.45, 2.75) is 70.1 Å². The van der Waals surface area contributed by atoms with E-state index < -0.39 is 0 Å². The van der Waals surface area contributed by atoms with Gasteiger partial charge in [-0.15, -0.1) is 0 Å². The molecule has 0 bridgehead atoms. The first kappa shape index (κ1) is 13.8. The van der Waals surface area contributed by atoms with Crippen LogP contribution in [-0.4, -0.2) is 15.4 Å². The molecule has 0 radical (unpaired) electrons. The van der Waals surface area contributed by atoms with Gasteiger partial charge in [0.25, 0.3) is 0 Å². The van der Waals surface area contributed by atoms with Crippen molar-refractivity contribution in [2.24, 2.45) is 11.8 Å². The molecule has 0 saturated heterocycles. The average Bonchev–Trinajstić information content (AvgIpc) is 3.09. The van der Waals surface area contributed by atoms with Crippen molar-refractivity contribution in [1.29, 1.82) is 0 Å². The van der Waals surface area contributed by atoms with Gasteiger partial charge >= 0.3 is 0 Å². The molecule has 3 aliphatic carbocycles. The topological polar surface area (TPSA) is 54.7 Å². The third-order valence-corrected chi connectivity index (χ3v) is 6.99. The molecule has 4 nitrogen and oxygen atoms in total. The lowest BCUT2D eigenvalue weighted by atomic mass is 9.56. The van der Waals surface area contributed by atoms with Gasteiger partial charge in [-0.3, -0.25) is 5.10 Å². The van der Waals surface area contributed by atoms with Crippen LogP contribution in [0.1, 0.15) is 73.7 Å². The van der Waals surface area contributed by atoms with Crippen LogP contribution in [0.4, 0.5) is 0 Å². The summed E-state index contributed by atoms with van der Waals surface area (Å²) >= 11 is 0. The molecule has 23 heavy (non-hydrogen) atoms. The number of nitrogens with one attached hydrogen (secondary N) is 1. The summed E-state index contributed by atoms with van der Waals surface area (Å²) in [5.41, 5.74) is 5.70. The number of H-pyrrole nitrogens is 1. The first-order valence-corrected chi connectivity index (χ1v) is 9.17. The first-order valence-electron chi connectivity index (χ1n) is 9.17. The second-order valence-electron chi connectivity index (χ2n) is 8.27. The minimum absolute atomic E-state index is 0.125. The fourth-order valence-electron chi connectivity index (χ4n) is 5.46. The largest absolute Gasteiger partial charge is 0.361 e. The van der Waals surface area contributed by atoms with E-state index in [2.05, 4.69) is 24.1 Å². The fourth-order valence-corrected chi connectivity index (χ4v) is 5.46. The molecule has 1 fully saturated rings. The SMILES string of the molecule is C[C@H]1c2oncc2C[C@@]2(C)c3n[nH]c(CC4CCC4)c3CC[C@H]12. The third-order valence-electron chi connectivity index (χ3n) is 6.99. The normalized spacial score (nSPS) is 32.8. The zero-order chi connectivity index (χ0) is 15.6. The van der Waals surface area contributed by atoms with E-state index in [0.717, 1.165) is 18.1 Å². The number of aromatic nitrogens is 3. The van der Waals surface area contributed by atoms with E-state index >= 15 is 0 Å². The Bertz CT molecular complexity index is 742. The quantitative estimate of drug-likeness (QED) is 0.914. The molecule has 122 valence electrons. The Kier molecular flexibility index (Phi) is 2.83. The van der Waals surface area contributed by atoms with Gasteiger partial charge in [-0.05, 0) is 43.1 Å². The Hall–Kier alpha value is -1.58. The Balaban J connectivity index is 1.55. The summed E-state index contributed by atoms with van der Waals surface area (Å²) in [6.45, 7) is 4.72. The van der Waals surface area contributed by atoms with Crippen molar-refractivity contribution in [1.82, 2.24) is 15.4 Å². The molecule has 0 unspecified atom stereocenters. The predicted molar refractivity (Wildman–Crippen MR) is 87.4 cm³/mol. The Morgan fingerprint density at radius 2 is 2.22 bits per heavy atom. The lowest BCUT2D eigenvalue weighted by molar-refractivity contribution is 0.172. The van der Waals surface area contributed by atoms with Crippen molar-refractivity contribution >= 4 is 0 Å². The number of hydrogen-bond donors (Lipinski definition) is 1. The van der Waals surface area contributed by atoms with Crippen molar-refractivity contribution in [3.63, 3.8) is 0 Å². The summed E-state index contributed by atoms with van der Waals surface area (Å²) in [6.07, 6.45) is 10.8. The molecule has 0 aromatic carbocycles. The standard InChI is InChI=1S/C19H25N3O/c1-11-15-7-6-14-16(8-12-4-3-5-12)21-22-18(14)19(15,2)9-13-10-20-23-17(11)13/h10-12,15H,3-9H2,1-2H3,(H,21,22)/t11-,15-,19-/m1/s1. The van der Waals surface area contributed by atoms with E-state index in [4.69, 9.17) is 9.62 Å². The van der Waals surface area contributed by atoms with Gasteiger partial charge in [-0.2, -0.15) is 5.10 Å². The van der Waals surface area contributed by atoms with Crippen LogP contribution in [0.25, 0.3) is 0 Å². The van der Waals surface area contributed by atoms with E-state index in [1.165, 1.54) is 61.0 Å². The molecule has 2 heterocycles. The van der Waals surface area contributed by atoms with E-state index in [1.807, 2.05) is 6.20 Å². The highest BCUT2D eigenvalue weighted by Crippen LogP contribution is 2.53. The van der Waals surface area contributed by atoms with Gasteiger partial charge in [0.2, 0.25) is 0 Å². The summed E-state index contributed by atoms with van der Waals surface area (Å²) in [7, 11) is 0. The van der Waals surface area contributed by atoms with Crippen molar-refractivity contribution in [3.05, 3.63) is 34.5 Å². The Morgan fingerprint density at radius 1 is 1.35 bits per heavy atom. The monoisotopic (exact) mass is 311 g/mol. The maximum Gasteiger partial charge on any atom is 0.143 e. The number of nitrogens with zero attached hydrogens (tertiary/aromatic N) is 2. The van der Waals surface area contributed by atoms with E-state index in [1.54, 1.807) is 0 Å². The van der Waals surface area contributed by atoms with Gasteiger partial charge in [0, 0.05) is 22.6 Å². The fraction of sp³-hybridized carbons (Fsp3) is 0.684. The highest BCUT2D eigenvalue weighted by molar-refractivity contribution is 5.41. The number of fused-ring (bicyclic) bond motifs is 4. The van der Waals surface area contributed by atoms with Gasteiger partial charge in [-0.25, -0.2) is 0 Å². The summed E-state index contributed by atoms with van der Waals surface area (Å²) in [5, 5.41) is 12.3. The molecular formula is C19H25N3O. The maximum atomic E-state index is 5.55. The summed E-state index contributed by atoms with van der Waals surface area (Å²) in [5.74, 6) is 3.04. The highest BCUT2D eigenvalue weighted by atomic mass is 16.5. The minimum atomic E-state index is 0.125. The first-order chi connectivity index (χ1) is 11.2. The summed E-state index contributed by atoms with van der Waals surface area (Å²) in [4.78, 5) is 0. The van der Waals surface area contributed by atoms with Crippen LogP contribution in [0.15, 0.2) is 10.7 Å². The molecule has 2 aromatic heterocycles. The number of rotatable bonds is 2. The van der Waals surface area contributed by atoms with Gasteiger partial charge in [-0.1, -0.05) is 38.3 Å². The molecule has 5 rings (SSSR count). The minimum Gasteiger partial charge on any atom is -0.361 e. The second-order valence-corrected chi connectivity index (χ2v) is 8.27. The van der Waals surface area contributed by atoms with Crippen LogP contribution < -0.4 is 0 Å². The van der Waals surface area contributed by atoms with E-state index in [0.29, 0.717) is 11.8 Å². The molecule has 3 aliphatic rings. The molecule has 0 spiro atoms. The van der Waals surface area contributed by atoms with Crippen molar-refractivity contribution in [3.8, 4) is 0 Å². The number of hydrogen-bond acceptors (Lipinski definition) is 3. The highest BCUT2D eigenvalue weighted by Gasteiger charge is 2.50. The zero-order valence-electron chi connectivity index (χ0n) is 14.1. The van der Waals surface area contributed by atoms with Gasteiger partial charge < -0.3 is 4.52 Å². The van der Waals surface area contributed by atoms with Crippen LogP contribution in [-0.2, 0) is 24.7 Å². The molecule has 0 amide bonds. The Morgan fingerprint density at radius 3 is 3.00 bits per heavy atom. The van der Waals surface area contributed by atoms with Crippen LogP contribution in [0.2, 0.25) is 0 Å². The van der Waals surface area contributed by atoms with Crippen LogP contribution in [0, 0.1) is 11.8 Å². The number of aromatic amines is 1. The molecule has 0 aliphatic heterocycles. The van der Waals surface area contributed by atoms with Gasteiger partial charge in [0.1, 0.15) is 5.76 Å². The molecule has 3 atom stereocenters. The van der Waals surface area contributed by atoms with Crippen molar-refractivity contribution in [2.75, 3.05) is 0 Å². The smallest absolute Gasteiger partial charge is 0.143 e. The average molecular weight is 311 g/mol. The van der Waals surface area contributed by atoms with Crippen LogP contribution >= 0.6 is 0 Å². The zero-order valence-corrected chi connectivity index (χ0v) is 14.1. The summed E-state index contributed by atoms with van der Waals surface area (Å²) < 4.78 is 5.55. The molecule has 4 heteroatoms. The maximum absolute atomic E-state index is 5.55. The molecule has 1 saturated carbocycles. The molecular weight excluding hydrogens is 286 g/mol. The lowest BCUT2D eigenvalue weighted by Gasteiger charge is -2.46. The van der Waals surface area contributed by atoms with Crippen LogP contribution in [0.5, 0.6) is 0 Å². The lowest BCUT2D eigenvalue weighted by Crippen LogP contribution is -2.44. The van der Waals surface area contributed by atoms with Crippen molar-refractivity contribution < 1.29 is 4.52 Å². The van der Waals surface area contributed by atoms with Crippen LogP contribution in [0.3, 0.4) is 0 Å². The molecule has 2 aromatic rings. The van der Waals surface area contributed by atoms with Gasteiger partial charge in [0.15, 0.2) is 0 Å². The van der Waals surface area contributed by atoms with E-state index in [-0.39, 0.29) is 5.41 Å². The molecule has 1 N–H and O–H groups in total. The van der Waals surface area contributed by atoms with Gasteiger partial charge in [0.05, 0.1) is 11.9 Å². The second kappa shape index (κ2) is 4.71. The van der Waals surface area contributed by atoms with E-state index in [9.17, 15) is 0 Å². The third kappa shape index (κ3) is 1.84.